The Balaban J connectivity index is 1.52. The molecule has 0 aromatic heterocycles. The van der Waals surface area contributed by atoms with E-state index in [1.165, 1.54) is 0 Å². The van der Waals surface area contributed by atoms with E-state index in [4.69, 9.17) is 9.47 Å². The molecule has 1 unspecified atom stereocenters. The standard InChI is InChI=1S/C17H23NO5S/c1-22-15-4-2-3-14-9-12(11-23-16(14)15)10-18-17(19)13-5-7-24(20,21)8-6-13/h2-4,12-13H,5-11H2,1H3,(H,18,19). The van der Waals surface area contributed by atoms with Crippen LogP contribution in [-0.2, 0) is 21.1 Å². The van der Waals surface area contributed by atoms with Gasteiger partial charge in [-0.25, -0.2) is 8.42 Å². The van der Waals surface area contributed by atoms with E-state index < -0.39 is 9.84 Å². The van der Waals surface area contributed by atoms with Gasteiger partial charge in [0.15, 0.2) is 11.5 Å². The van der Waals surface area contributed by atoms with Crippen LogP contribution < -0.4 is 14.8 Å². The molecule has 0 saturated carbocycles. The third-order valence-corrected chi connectivity index (χ3v) is 6.46. The molecule has 1 atom stereocenters. The highest BCUT2D eigenvalue weighted by atomic mass is 32.2. The van der Waals surface area contributed by atoms with E-state index in [9.17, 15) is 13.2 Å². The highest BCUT2D eigenvalue weighted by Gasteiger charge is 2.29. The van der Waals surface area contributed by atoms with Gasteiger partial charge in [-0.1, -0.05) is 12.1 Å². The molecule has 1 fully saturated rings. The quantitative estimate of drug-likeness (QED) is 0.879. The lowest BCUT2D eigenvalue weighted by Gasteiger charge is -2.27. The molecular formula is C17H23NO5S. The summed E-state index contributed by atoms with van der Waals surface area (Å²) in [7, 11) is -1.32. The summed E-state index contributed by atoms with van der Waals surface area (Å²) in [6.45, 7) is 1.07. The van der Waals surface area contributed by atoms with Gasteiger partial charge in [0.25, 0.3) is 0 Å². The molecule has 0 spiro atoms. The average Bonchev–Trinajstić information content (AvgIpc) is 2.58. The zero-order valence-corrected chi connectivity index (χ0v) is 14.6. The maximum atomic E-state index is 12.2. The summed E-state index contributed by atoms with van der Waals surface area (Å²) in [4.78, 5) is 12.2. The van der Waals surface area contributed by atoms with Gasteiger partial charge in [-0.05, 0) is 30.9 Å². The summed E-state index contributed by atoms with van der Waals surface area (Å²) in [6, 6.07) is 5.82. The summed E-state index contributed by atoms with van der Waals surface area (Å²) < 4.78 is 34.0. The van der Waals surface area contributed by atoms with Crippen LogP contribution in [0.3, 0.4) is 0 Å². The lowest BCUT2D eigenvalue weighted by molar-refractivity contribution is -0.125. The van der Waals surface area contributed by atoms with Gasteiger partial charge in [-0.2, -0.15) is 0 Å². The van der Waals surface area contributed by atoms with Gasteiger partial charge in [0.2, 0.25) is 5.91 Å². The predicted octanol–water partition coefficient (Wildman–Crippen LogP) is 1.19. The number of nitrogens with one attached hydrogen (secondary N) is 1. The molecule has 2 aliphatic heterocycles. The fraction of sp³-hybridized carbons (Fsp3) is 0.588. The van der Waals surface area contributed by atoms with Crippen molar-refractivity contribution in [2.24, 2.45) is 11.8 Å². The van der Waals surface area contributed by atoms with Crippen molar-refractivity contribution in [3.63, 3.8) is 0 Å². The summed E-state index contributed by atoms with van der Waals surface area (Å²) in [5.74, 6) is 1.74. The van der Waals surface area contributed by atoms with Gasteiger partial charge in [0, 0.05) is 18.4 Å². The maximum absolute atomic E-state index is 12.2. The van der Waals surface area contributed by atoms with Crippen molar-refractivity contribution in [3.8, 4) is 11.5 Å². The lowest BCUT2D eigenvalue weighted by Crippen LogP contribution is -2.40. The number of amides is 1. The third-order valence-electron chi connectivity index (χ3n) is 4.74. The van der Waals surface area contributed by atoms with E-state index in [0.29, 0.717) is 26.0 Å². The Morgan fingerprint density at radius 2 is 2.08 bits per heavy atom. The minimum Gasteiger partial charge on any atom is -0.493 e. The highest BCUT2D eigenvalue weighted by molar-refractivity contribution is 7.91. The summed E-state index contributed by atoms with van der Waals surface area (Å²) in [5, 5.41) is 2.96. The van der Waals surface area contributed by atoms with E-state index in [2.05, 4.69) is 5.32 Å². The van der Waals surface area contributed by atoms with Crippen molar-refractivity contribution in [2.75, 3.05) is 31.8 Å². The fourth-order valence-electron chi connectivity index (χ4n) is 3.29. The molecule has 1 aromatic rings. The summed E-state index contributed by atoms with van der Waals surface area (Å²) in [5.41, 5.74) is 1.09. The van der Waals surface area contributed by atoms with Crippen LogP contribution in [0.5, 0.6) is 11.5 Å². The largest absolute Gasteiger partial charge is 0.493 e. The number of para-hydroxylation sites is 1. The Morgan fingerprint density at radius 1 is 1.33 bits per heavy atom. The van der Waals surface area contributed by atoms with E-state index in [1.54, 1.807) is 7.11 Å². The first-order valence-corrected chi connectivity index (χ1v) is 10.1. The van der Waals surface area contributed by atoms with Gasteiger partial charge in [0.05, 0.1) is 25.2 Å². The molecule has 7 heteroatoms. The van der Waals surface area contributed by atoms with Gasteiger partial charge in [-0.3, -0.25) is 4.79 Å². The minimum atomic E-state index is -2.94. The predicted molar refractivity (Wildman–Crippen MR) is 90.1 cm³/mol. The molecule has 3 rings (SSSR count). The van der Waals surface area contributed by atoms with E-state index >= 15 is 0 Å². The van der Waals surface area contributed by atoms with Crippen LogP contribution in [0.15, 0.2) is 18.2 Å². The molecule has 24 heavy (non-hydrogen) atoms. The second kappa shape index (κ2) is 7.01. The number of benzene rings is 1. The highest BCUT2D eigenvalue weighted by Crippen LogP contribution is 2.35. The number of hydrogen-bond donors (Lipinski definition) is 1. The summed E-state index contributed by atoms with van der Waals surface area (Å²) in [6.07, 6.45) is 1.68. The third kappa shape index (κ3) is 3.83. The number of methoxy groups -OCH3 is 1. The number of hydrogen-bond acceptors (Lipinski definition) is 5. The second-order valence-corrected chi connectivity index (χ2v) is 8.80. The van der Waals surface area contributed by atoms with E-state index in [-0.39, 0.29) is 29.2 Å². The molecule has 2 aliphatic rings. The van der Waals surface area contributed by atoms with Crippen LogP contribution in [0.4, 0.5) is 0 Å². The van der Waals surface area contributed by atoms with Crippen LogP contribution in [0.1, 0.15) is 18.4 Å². The number of ether oxygens (including phenoxy) is 2. The fourth-order valence-corrected chi connectivity index (χ4v) is 4.78. The van der Waals surface area contributed by atoms with E-state index in [0.717, 1.165) is 23.5 Å². The number of carbonyl (C=O) groups excluding carboxylic acids is 1. The molecule has 1 saturated heterocycles. The first kappa shape index (κ1) is 17.1. The van der Waals surface area contributed by atoms with E-state index in [1.807, 2.05) is 18.2 Å². The van der Waals surface area contributed by atoms with Crippen LogP contribution in [0.25, 0.3) is 0 Å². The first-order chi connectivity index (χ1) is 11.5. The van der Waals surface area contributed by atoms with Crippen LogP contribution in [0, 0.1) is 11.8 Å². The molecule has 6 nitrogen and oxygen atoms in total. The molecule has 1 amide bonds. The van der Waals surface area contributed by atoms with Gasteiger partial charge >= 0.3 is 0 Å². The SMILES string of the molecule is COc1cccc2c1OCC(CNC(=O)C1CCS(=O)(=O)CC1)C2. The molecule has 0 aliphatic carbocycles. The Labute approximate surface area is 142 Å². The molecule has 1 aromatic carbocycles. The number of sulfone groups is 1. The topological polar surface area (TPSA) is 81.7 Å². The monoisotopic (exact) mass is 353 g/mol. The van der Waals surface area contributed by atoms with Crippen molar-refractivity contribution in [3.05, 3.63) is 23.8 Å². The summed E-state index contributed by atoms with van der Waals surface area (Å²) >= 11 is 0. The first-order valence-electron chi connectivity index (χ1n) is 8.25. The van der Waals surface area contributed by atoms with Gasteiger partial charge < -0.3 is 14.8 Å². The molecule has 1 N–H and O–H groups in total. The zero-order valence-electron chi connectivity index (χ0n) is 13.8. The van der Waals surface area contributed by atoms with Crippen molar-refractivity contribution < 1.29 is 22.7 Å². The Hall–Kier alpha value is -1.76. The number of rotatable bonds is 4. The van der Waals surface area contributed by atoms with Crippen LogP contribution >= 0.6 is 0 Å². The molecule has 2 heterocycles. The average molecular weight is 353 g/mol. The van der Waals surface area contributed by atoms with Crippen LogP contribution in [-0.4, -0.2) is 46.1 Å². The maximum Gasteiger partial charge on any atom is 0.223 e. The lowest BCUT2D eigenvalue weighted by atomic mass is 9.95. The van der Waals surface area contributed by atoms with Crippen LogP contribution in [0.2, 0.25) is 0 Å². The Morgan fingerprint density at radius 3 is 2.79 bits per heavy atom. The molecule has 0 bridgehead atoms. The number of fused-ring (bicyclic) bond motifs is 1. The molecule has 132 valence electrons. The molecule has 0 radical (unpaired) electrons. The van der Waals surface area contributed by atoms with Crippen molar-refractivity contribution >= 4 is 15.7 Å². The second-order valence-electron chi connectivity index (χ2n) is 6.50. The molecular weight excluding hydrogens is 330 g/mol. The van der Waals surface area contributed by atoms with Crippen molar-refractivity contribution in [1.82, 2.24) is 5.32 Å². The minimum absolute atomic E-state index is 0.0404. The smallest absolute Gasteiger partial charge is 0.223 e. The zero-order chi connectivity index (χ0) is 17.2. The normalized spacial score (nSPS) is 23.0. The van der Waals surface area contributed by atoms with Crippen molar-refractivity contribution in [1.29, 1.82) is 0 Å². The van der Waals surface area contributed by atoms with Gasteiger partial charge in [0.1, 0.15) is 9.84 Å². The Bertz CT molecular complexity index is 702. The van der Waals surface area contributed by atoms with Crippen molar-refractivity contribution in [2.45, 2.75) is 19.3 Å². The van der Waals surface area contributed by atoms with Gasteiger partial charge in [-0.15, -0.1) is 0 Å². The number of carbonyl (C=O) groups is 1. The Kier molecular flexibility index (Phi) is 4.99.